The first-order valence-electron chi connectivity index (χ1n) is 7.72. The van der Waals surface area contributed by atoms with E-state index in [4.69, 9.17) is 4.74 Å². The molecule has 1 aliphatic carbocycles. The molecule has 2 rings (SSSR count). The topological polar surface area (TPSA) is 39.1 Å². The summed E-state index contributed by atoms with van der Waals surface area (Å²) in [6, 6.07) is 0.215. The van der Waals surface area contributed by atoms with Crippen LogP contribution in [-0.2, 0) is 11.8 Å². The predicted octanol–water partition coefficient (Wildman–Crippen LogP) is 3.06. The summed E-state index contributed by atoms with van der Waals surface area (Å²) >= 11 is 0. The molecule has 1 atom stereocenters. The molecule has 1 N–H and O–H groups in total. The highest BCUT2D eigenvalue weighted by Gasteiger charge is 2.45. The molecule has 4 heteroatoms. The largest absolute Gasteiger partial charge is 0.373 e. The molecule has 1 unspecified atom stereocenters. The average Bonchev–Trinajstić information content (AvgIpc) is 2.81. The first-order chi connectivity index (χ1) is 9.42. The zero-order chi connectivity index (χ0) is 14.8. The van der Waals surface area contributed by atoms with Crippen molar-refractivity contribution in [3.8, 4) is 0 Å². The van der Waals surface area contributed by atoms with Crippen molar-refractivity contribution in [1.82, 2.24) is 15.1 Å². The second-order valence-electron chi connectivity index (χ2n) is 6.83. The van der Waals surface area contributed by atoms with E-state index in [1.54, 1.807) is 0 Å². The Morgan fingerprint density at radius 2 is 2.00 bits per heavy atom. The van der Waals surface area contributed by atoms with Crippen molar-refractivity contribution in [3.63, 3.8) is 0 Å². The normalized spacial score (nSPS) is 22.6. The Hall–Kier alpha value is -0.870. The fourth-order valence-electron chi connectivity index (χ4n) is 3.48. The molecule has 20 heavy (non-hydrogen) atoms. The van der Waals surface area contributed by atoms with E-state index in [-0.39, 0.29) is 11.6 Å². The lowest BCUT2D eigenvalue weighted by Gasteiger charge is -2.47. The maximum Gasteiger partial charge on any atom is 0.0877 e. The molecular weight excluding hydrogens is 250 g/mol. The number of rotatable bonds is 5. The number of aryl methyl sites for hydroxylation is 1. The molecule has 0 bridgehead atoms. The van der Waals surface area contributed by atoms with E-state index < -0.39 is 0 Å². The summed E-state index contributed by atoms with van der Waals surface area (Å²) in [5.74, 6) is 0. The highest BCUT2D eigenvalue weighted by Crippen LogP contribution is 2.47. The summed E-state index contributed by atoms with van der Waals surface area (Å²) in [5.41, 5.74) is 1.57. The third kappa shape index (κ3) is 3.07. The molecule has 1 heterocycles. The average molecular weight is 279 g/mol. The molecule has 0 aromatic carbocycles. The quantitative estimate of drug-likeness (QED) is 0.900. The van der Waals surface area contributed by atoms with Crippen molar-refractivity contribution >= 4 is 0 Å². The van der Waals surface area contributed by atoms with Gasteiger partial charge in [0.15, 0.2) is 0 Å². The van der Waals surface area contributed by atoms with Crippen LogP contribution in [-0.4, -0.2) is 29.0 Å². The van der Waals surface area contributed by atoms with Gasteiger partial charge in [0.2, 0.25) is 0 Å². The van der Waals surface area contributed by atoms with Crippen molar-refractivity contribution in [2.24, 2.45) is 12.5 Å². The van der Waals surface area contributed by atoms with Crippen molar-refractivity contribution in [3.05, 3.63) is 18.0 Å². The van der Waals surface area contributed by atoms with Gasteiger partial charge in [0.1, 0.15) is 0 Å². The molecule has 1 aliphatic rings. The minimum absolute atomic E-state index is 0.0952. The highest BCUT2D eigenvalue weighted by molar-refractivity contribution is 5.17. The summed E-state index contributed by atoms with van der Waals surface area (Å²) < 4.78 is 8.15. The third-order valence-electron chi connectivity index (χ3n) is 4.75. The van der Waals surface area contributed by atoms with Crippen LogP contribution in [0.1, 0.15) is 58.1 Å². The van der Waals surface area contributed by atoms with Crippen molar-refractivity contribution in [2.45, 2.75) is 58.1 Å². The van der Waals surface area contributed by atoms with Gasteiger partial charge in [-0.1, -0.05) is 13.8 Å². The van der Waals surface area contributed by atoms with Gasteiger partial charge in [-0.25, -0.2) is 0 Å². The Morgan fingerprint density at radius 1 is 1.35 bits per heavy atom. The van der Waals surface area contributed by atoms with E-state index in [9.17, 15) is 0 Å². The number of likely N-dealkylation sites (N-methyl/N-ethyl adjacent to an activating group) is 1. The van der Waals surface area contributed by atoms with Crippen molar-refractivity contribution < 1.29 is 4.74 Å². The Kier molecular flexibility index (Phi) is 4.55. The highest BCUT2D eigenvalue weighted by atomic mass is 16.5. The van der Waals surface area contributed by atoms with Crippen molar-refractivity contribution in [1.29, 1.82) is 0 Å². The fourth-order valence-corrected chi connectivity index (χ4v) is 3.48. The van der Waals surface area contributed by atoms with Crippen LogP contribution in [0.15, 0.2) is 12.4 Å². The Morgan fingerprint density at radius 3 is 2.45 bits per heavy atom. The number of hydrogen-bond acceptors (Lipinski definition) is 3. The third-order valence-corrected chi connectivity index (χ3v) is 4.75. The number of hydrogen-bond donors (Lipinski definition) is 1. The minimum atomic E-state index is -0.0952. The molecule has 0 spiro atoms. The van der Waals surface area contributed by atoms with Gasteiger partial charge in [-0.05, 0) is 45.1 Å². The van der Waals surface area contributed by atoms with Crippen LogP contribution in [0.25, 0.3) is 0 Å². The van der Waals surface area contributed by atoms with E-state index in [1.807, 2.05) is 25.0 Å². The lowest BCUT2D eigenvalue weighted by atomic mass is 9.67. The van der Waals surface area contributed by atoms with Gasteiger partial charge in [-0.15, -0.1) is 0 Å². The minimum Gasteiger partial charge on any atom is -0.373 e. The number of nitrogens with one attached hydrogen (secondary N) is 1. The maximum atomic E-state index is 6.28. The molecule has 1 saturated carbocycles. The second kappa shape index (κ2) is 5.86. The molecule has 4 nitrogen and oxygen atoms in total. The first-order valence-corrected chi connectivity index (χ1v) is 7.72. The summed E-state index contributed by atoms with van der Waals surface area (Å²) in [7, 11) is 3.99. The number of ether oxygens (including phenoxy) is 1. The summed E-state index contributed by atoms with van der Waals surface area (Å²) in [6.07, 6.45) is 8.70. The SMILES string of the molecule is CCOC1(C(NC)c2cnn(C)c2)CCC(C)(C)CC1. The summed E-state index contributed by atoms with van der Waals surface area (Å²) in [5, 5.41) is 7.80. The van der Waals surface area contributed by atoms with Crippen LogP contribution in [0.3, 0.4) is 0 Å². The molecular formula is C16H29N3O. The number of aromatic nitrogens is 2. The molecule has 0 amide bonds. The second-order valence-corrected chi connectivity index (χ2v) is 6.83. The lowest BCUT2D eigenvalue weighted by Crippen LogP contribution is -2.48. The zero-order valence-corrected chi connectivity index (χ0v) is 13.6. The first kappa shape index (κ1) is 15.5. The zero-order valence-electron chi connectivity index (χ0n) is 13.6. The Bertz CT molecular complexity index is 429. The van der Waals surface area contributed by atoms with E-state index in [1.165, 1.54) is 18.4 Å². The van der Waals surface area contributed by atoms with Gasteiger partial charge >= 0.3 is 0 Å². The molecule has 0 aliphatic heterocycles. The number of nitrogens with zero attached hydrogens (tertiary/aromatic N) is 2. The fraction of sp³-hybridized carbons (Fsp3) is 0.812. The predicted molar refractivity (Wildman–Crippen MR) is 81.6 cm³/mol. The van der Waals surface area contributed by atoms with Gasteiger partial charge in [0.25, 0.3) is 0 Å². The molecule has 1 fully saturated rings. The summed E-state index contributed by atoms with van der Waals surface area (Å²) in [6.45, 7) is 7.58. The van der Waals surface area contributed by atoms with Crippen LogP contribution in [0.5, 0.6) is 0 Å². The smallest absolute Gasteiger partial charge is 0.0877 e. The van der Waals surface area contributed by atoms with Crippen LogP contribution in [0.2, 0.25) is 0 Å². The molecule has 1 aromatic heterocycles. The van der Waals surface area contributed by atoms with Crippen LogP contribution in [0.4, 0.5) is 0 Å². The Balaban J connectivity index is 2.26. The molecule has 0 radical (unpaired) electrons. The van der Waals surface area contributed by atoms with Gasteiger partial charge in [0, 0.05) is 25.4 Å². The van der Waals surface area contributed by atoms with E-state index in [0.29, 0.717) is 5.41 Å². The standard InChI is InChI=1S/C16H29N3O/c1-6-20-16(9-7-15(2,3)8-10-16)14(17-4)13-11-18-19(5)12-13/h11-12,14,17H,6-10H2,1-5H3. The van der Waals surface area contributed by atoms with E-state index in [0.717, 1.165) is 19.4 Å². The Labute approximate surface area is 122 Å². The van der Waals surface area contributed by atoms with Gasteiger partial charge < -0.3 is 10.1 Å². The molecule has 0 saturated heterocycles. The lowest BCUT2D eigenvalue weighted by molar-refractivity contribution is -0.106. The van der Waals surface area contributed by atoms with Crippen LogP contribution >= 0.6 is 0 Å². The molecule has 1 aromatic rings. The maximum absolute atomic E-state index is 6.28. The van der Waals surface area contributed by atoms with Crippen LogP contribution in [0, 0.1) is 5.41 Å². The van der Waals surface area contributed by atoms with Gasteiger partial charge in [-0.3, -0.25) is 4.68 Å². The monoisotopic (exact) mass is 279 g/mol. The van der Waals surface area contributed by atoms with E-state index in [2.05, 4.69) is 37.4 Å². The molecule has 114 valence electrons. The van der Waals surface area contributed by atoms with E-state index >= 15 is 0 Å². The van der Waals surface area contributed by atoms with Crippen molar-refractivity contribution in [2.75, 3.05) is 13.7 Å². The van der Waals surface area contributed by atoms with Gasteiger partial charge in [0.05, 0.1) is 17.8 Å². The van der Waals surface area contributed by atoms with Crippen LogP contribution < -0.4 is 5.32 Å². The summed E-state index contributed by atoms with van der Waals surface area (Å²) in [4.78, 5) is 0. The van der Waals surface area contributed by atoms with Gasteiger partial charge in [-0.2, -0.15) is 5.10 Å².